The number of anilines is 1. The molecule has 2 atom stereocenters. The van der Waals surface area contributed by atoms with Gasteiger partial charge in [-0.1, -0.05) is 96.4 Å². The van der Waals surface area contributed by atoms with E-state index in [4.69, 9.17) is 0 Å². The van der Waals surface area contributed by atoms with E-state index in [-0.39, 0.29) is 29.5 Å². The van der Waals surface area contributed by atoms with Crippen LogP contribution < -0.4 is 5.43 Å². The number of carbonyl (C=O) groups is 2. The van der Waals surface area contributed by atoms with Gasteiger partial charge in [-0.05, 0) is 30.5 Å². The number of thioether (sulfide) groups is 2. The third-order valence-corrected chi connectivity index (χ3v) is 7.75. The van der Waals surface area contributed by atoms with Crippen LogP contribution in [0.25, 0.3) is 0 Å². The fraction of sp³-hybridized carbons (Fsp3) is 0.240. The van der Waals surface area contributed by atoms with Gasteiger partial charge in [0.1, 0.15) is 0 Å². The topological polar surface area (TPSA) is 61.8 Å². The minimum absolute atomic E-state index is 0.136. The molecule has 2 unspecified atom stereocenters. The summed E-state index contributed by atoms with van der Waals surface area (Å²) < 4.78 is 0.776. The summed E-state index contributed by atoms with van der Waals surface area (Å²) >= 11 is 3.00. The molecule has 0 bridgehead atoms. The molecule has 2 amide bonds. The van der Waals surface area contributed by atoms with Crippen molar-refractivity contribution in [3.63, 3.8) is 0 Å². The number of hydrogen-bond acceptors (Lipinski definition) is 6. The summed E-state index contributed by atoms with van der Waals surface area (Å²) in [5, 5.41) is 4.65. The van der Waals surface area contributed by atoms with Crippen molar-refractivity contribution < 1.29 is 9.59 Å². The van der Waals surface area contributed by atoms with E-state index < -0.39 is 0 Å². The number of hydrazone groups is 1. The monoisotopic (exact) mass is 463 g/mol. The van der Waals surface area contributed by atoms with E-state index in [1.54, 1.807) is 11.8 Å². The van der Waals surface area contributed by atoms with Crippen molar-refractivity contribution in [1.29, 1.82) is 0 Å². The lowest BCUT2D eigenvalue weighted by Crippen LogP contribution is -2.31. The van der Waals surface area contributed by atoms with Crippen LogP contribution in [0.5, 0.6) is 0 Å². The lowest BCUT2D eigenvalue weighted by atomic mass is 9.91. The molecule has 1 aliphatic heterocycles. The van der Waals surface area contributed by atoms with Gasteiger partial charge in [0.25, 0.3) is 0 Å². The highest BCUT2D eigenvalue weighted by Gasteiger charge is 2.45. The Hall–Kier alpha value is -2.77. The number of hydrogen-bond donors (Lipinski definition) is 1. The van der Waals surface area contributed by atoms with Gasteiger partial charge in [0.2, 0.25) is 11.8 Å². The first-order chi connectivity index (χ1) is 15.5. The van der Waals surface area contributed by atoms with E-state index in [2.05, 4.69) is 22.7 Å². The predicted octanol–water partition coefficient (Wildman–Crippen LogP) is 5.34. The van der Waals surface area contributed by atoms with Crippen LogP contribution >= 0.6 is 23.5 Å². The Balaban J connectivity index is 1.48. The molecule has 1 N–H and O–H groups in total. The maximum absolute atomic E-state index is 12.8. The summed E-state index contributed by atoms with van der Waals surface area (Å²) in [5.41, 5.74) is 7.58. The Morgan fingerprint density at radius 2 is 1.53 bits per heavy atom. The third kappa shape index (κ3) is 5.00. The first kappa shape index (κ1) is 22.4. The standard InChI is InChI=1S/C25H25N3O2S2/c1-17-9-8-10-18(2)22(17)26-27-25(31-15-19-11-4-3-5-12-19)32-16-28-23(29)20-13-6-7-14-21(20)24(28)30/h3-14,20-21,26H,15-16H2,1-2H3/b27-25+. The Kier molecular flexibility index (Phi) is 7.17. The van der Waals surface area contributed by atoms with Crippen LogP contribution in [0.4, 0.5) is 5.69 Å². The van der Waals surface area contributed by atoms with Crippen molar-refractivity contribution in [3.05, 3.63) is 89.5 Å². The van der Waals surface area contributed by atoms with Crippen LogP contribution in [0, 0.1) is 25.7 Å². The number of carbonyl (C=O) groups excluding carboxylic acids is 2. The molecule has 1 saturated heterocycles. The molecule has 4 rings (SSSR count). The summed E-state index contributed by atoms with van der Waals surface area (Å²) in [6.07, 6.45) is 7.30. The van der Waals surface area contributed by atoms with Gasteiger partial charge >= 0.3 is 0 Å². The minimum Gasteiger partial charge on any atom is -0.276 e. The van der Waals surface area contributed by atoms with Gasteiger partial charge in [0.15, 0.2) is 4.38 Å². The molecule has 0 radical (unpaired) electrons. The molecule has 32 heavy (non-hydrogen) atoms. The zero-order chi connectivity index (χ0) is 22.5. The van der Waals surface area contributed by atoms with Crippen LogP contribution in [0.15, 0.2) is 77.9 Å². The number of amides is 2. The Bertz CT molecular complexity index is 1050. The van der Waals surface area contributed by atoms with Crippen LogP contribution in [-0.2, 0) is 15.3 Å². The molecule has 1 aliphatic carbocycles. The first-order valence-electron chi connectivity index (χ1n) is 10.4. The average molecular weight is 464 g/mol. The van der Waals surface area contributed by atoms with Gasteiger partial charge in [-0.25, -0.2) is 0 Å². The number of rotatable bonds is 6. The maximum Gasteiger partial charge on any atom is 0.238 e. The molecular formula is C25H25N3O2S2. The molecule has 0 aromatic heterocycles. The first-order valence-corrected chi connectivity index (χ1v) is 12.4. The number of allylic oxidation sites excluding steroid dienone is 2. The quantitative estimate of drug-likeness (QED) is 0.271. The second kappa shape index (κ2) is 10.2. The summed E-state index contributed by atoms with van der Waals surface area (Å²) in [5.74, 6) is -0.0240. The summed E-state index contributed by atoms with van der Waals surface area (Å²) in [6.45, 7) is 4.08. The van der Waals surface area contributed by atoms with E-state index in [0.717, 1.165) is 26.9 Å². The van der Waals surface area contributed by atoms with E-state index in [9.17, 15) is 9.59 Å². The molecule has 1 fully saturated rings. The lowest BCUT2D eigenvalue weighted by Gasteiger charge is -2.15. The Morgan fingerprint density at radius 3 is 2.16 bits per heavy atom. The fourth-order valence-corrected chi connectivity index (χ4v) is 5.58. The SMILES string of the molecule is Cc1cccc(C)c1N/N=C(\SCc1ccccc1)SCN1C(=O)C2C=CC=CC2C1=O. The number of likely N-dealkylation sites (tertiary alicyclic amines) is 1. The molecule has 1 heterocycles. The van der Waals surface area contributed by atoms with E-state index in [1.807, 2.05) is 74.5 Å². The molecule has 164 valence electrons. The number of imide groups is 1. The normalized spacial score (nSPS) is 20.1. The molecule has 0 spiro atoms. The zero-order valence-electron chi connectivity index (χ0n) is 18.0. The van der Waals surface area contributed by atoms with Gasteiger partial charge in [-0.2, -0.15) is 5.10 Å². The van der Waals surface area contributed by atoms with Crippen LogP contribution in [-0.4, -0.2) is 27.0 Å². The van der Waals surface area contributed by atoms with Crippen molar-refractivity contribution in [2.45, 2.75) is 19.6 Å². The van der Waals surface area contributed by atoms with Crippen molar-refractivity contribution in [2.24, 2.45) is 16.9 Å². The second-order valence-electron chi connectivity index (χ2n) is 7.73. The van der Waals surface area contributed by atoms with Gasteiger partial charge in [-0.3, -0.25) is 19.9 Å². The number of aryl methyl sites for hydroxylation is 2. The van der Waals surface area contributed by atoms with Crippen LogP contribution in [0.1, 0.15) is 16.7 Å². The van der Waals surface area contributed by atoms with Crippen LogP contribution in [0.2, 0.25) is 0 Å². The Morgan fingerprint density at radius 1 is 0.906 bits per heavy atom. The van der Waals surface area contributed by atoms with Crippen molar-refractivity contribution in [2.75, 3.05) is 11.3 Å². The smallest absolute Gasteiger partial charge is 0.238 e. The minimum atomic E-state index is -0.377. The molecular weight excluding hydrogens is 438 g/mol. The summed E-state index contributed by atoms with van der Waals surface area (Å²) in [6, 6.07) is 16.3. The number of nitrogens with zero attached hydrogens (tertiary/aromatic N) is 2. The highest BCUT2D eigenvalue weighted by atomic mass is 32.2. The summed E-state index contributed by atoms with van der Waals surface area (Å²) in [7, 11) is 0. The fourth-order valence-electron chi connectivity index (χ4n) is 3.71. The van der Waals surface area contributed by atoms with Crippen LogP contribution in [0.3, 0.4) is 0 Å². The van der Waals surface area contributed by atoms with Gasteiger partial charge < -0.3 is 0 Å². The lowest BCUT2D eigenvalue weighted by molar-refractivity contribution is -0.138. The second-order valence-corrected chi connectivity index (χ2v) is 9.89. The van der Waals surface area contributed by atoms with Gasteiger partial charge in [0.05, 0.1) is 23.4 Å². The van der Waals surface area contributed by atoms with Gasteiger partial charge in [-0.15, -0.1) is 0 Å². The van der Waals surface area contributed by atoms with Gasteiger partial charge in [0, 0.05) is 5.75 Å². The third-order valence-electron chi connectivity index (χ3n) is 5.50. The molecule has 2 aliphatic rings. The summed E-state index contributed by atoms with van der Waals surface area (Å²) in [4.78, 5) is 26.9. The molecule has 0 saturated carbocycles. The van der Waals surface area contributed by atoms with Crippen molar-refractivity contribution in [3.8, 4) is 0 Å². The van der Waals surface area contributed by atoms with E-state index >= 15 is 0 Å². The van der Waals surface area contributed by atoms with E-state index in [0.29, 0.717) is 0 Å². The van der Waals surface area contributed by atoms with Crippen molar-refractivity contribution in [1.82, 2.24) is 4.90 Å². The largest absolute Gasteiger partial charge is 0.276 e. The molecule has 5 nitrogen and oxygen atoms in total. The zero-order valence-corrected chi connectivity index (χ0v) is 19.7. The highest BCUT2D eigenvalue weighted by molar-refractivity contribution is 8.38. The number of para-hydroxylation sites is 1. The molecule has 2 aromatic rings. The molecule has 2 aromatic carbocycles. The number of fused-ring (bicyclic) bond motifs is 1. The Labute approximate surface area is 197 Å². The number of nitrogens with one attached hydrogen (secondary N) is 1. The maximum atomic E-state index is 12.8. The number of benzene rings is 2. The highest BCUT2D eigenvalue weighted by Crippen LogP contribution is 2.33. The van der Waals surface area contributed by atoms with Crippen molar-refractivity contribution >= 4 is 45.4 Å². The predicted molar refractivity (Wildman–Crippen MR) is 134 cm³/mol. The molecule has 7 heteroatoms. The van der Waals surface area contributed by atoms with E-state index in [1.165, 1.54) is 22.2 Å². The average Bonchev–Trinajstić information content (AvgIpc) is 3.05.